The minimum absolute atomic E-state index is 0.0325. The largest absolute Gasteiger partial charge is 0.310 e. The van der Waals surface area contributed by atoms with Gasteiger partial charge in [-0.25, -0.2) is 9.67 Å². The molecule has 9 heteroatoms. The normalized spacial score (nSPS) is 15.9. The van der Waals surface area contributed by atoms with Crippen molar-refractivity contribution in [1.82, 2.24) is 35.1 Å². The van der Waals surface area contributed by atoms with Gasteiger partial charge >= 0.3 is 0 Å². The highest BCUT2D eigenvalue weighted by atomic mass is 16.1. The number of tetrazole rings is 1. The van der Waals surface area contributed by atoms with Crippen molar-refractivity contribution in [2.45, 2.75) is 26.7 Å². The van der Waals surface area contributed by atoms with Gasteiger partial charge in [-0.05, 0) is 54.4 Å². The smallest absolute Gasteiger partial charge is 0.228 e. The molecule has 1 aliphatic rings. The lowest BCUT2D eigenvalue weighted by Gasteiger charge is -2.32. The fraction of sp³-hybridized carbons (Fsp3) is 0.500. The van der Waals surface area contributed by atoms with Gasteiger partial charge in [0.05, 0.1) is 11.7 Å². The first kappa shape index (κ1) is 19.4. The van der Waals surface area contributed by atoms with E-state index in [-0.39, 0.29) is 11.8 Å². The number of nitrogens with one attached hydrogen (secondary N) is 1. The Hall–Kier alpha value is -2.94. The Morgan fingerprint density at radius 1 is 1.21 bits per heavy atom. The van der Waals surface area contributed by atoms with Crippen LogP contribution >= 0.6 is 0 Å². The molecule has 0 saturated carbocycles. The number of anilines is 1. The summed E-state index contributed by atoms with van der Waals surface area (Å²) in [5.74, 6) is 1.91. The van der Waals surface area contributed by atoms with Gasteiger partial charge in [-0.2, -0.15) is 0 Å². The van der Waals surface area contributed by atoms with E-state index in [4.69, 9.17) is 0 Å². The van der Waals surface area contributed by atoms with E-state index in [1.54, 1.807) is 24.1 Å². The minimum Gasteiger partial charge on any atom is -0.310 e. The van der Waals surface area contributed by atoms with Crippen molar-refractivity contribution in [3.05, 3.63) is 24.5 Å². The van der Waals surface area contributed by atoms with Crippen molar-refractivity contribution in [2.24, 2.45) is 18.9 Å². The molecule has 1 amide bonds. The zero-order chi connectivity index (χ0) is 20.4. The molecule has 0 bridgehead atoms. The van der Waals surface area contributed by atoms with Gasteiger partial charge in [0.15, 0.2) is 5.82 Å². The van der Waals surface area contributed by atoms with Crippen molar-refractivity contribution < 1.29 is 4.79 Å². The zero-order valence-corrected chi connectivity index (χ0v) is 17.0. The summed E-state index contributed by atoms with van der Waals surface area (Å²) in [7, 11) is 1.78. The summed E-state index contributed by atoms with van der Waals surface area (Å²) in [6.45, 7) is 7.49. The molecule has 0 radical (unpaired) electrons. The minimum atomic E-state index is 0.0325. The molecule has 0 atom stereocenters. The monoisotopic (exact) mass is 394 g/mol. The lowest BCUT2D eigenvalue weighted by Crippen LogP contribution is -2.39. The van der Waals surface area contributed by atoms with Crippen LogP contribution in [0.3, 0.4) is 0 Å². The van der Waals surface area contributed by atoms with Crippen molar-refractivity contribution in [3.63, 3.8) is 0 Å². The van der Waals surface area contributed by atoms with Crippen LogP contribution in [0.25, 0.3) is 22.3 Å². The maximum absolute atomic E-state index is 12.7. The van der Waals surface area contributed by atoms with E-state index in [1.807, 2.05) is 12.1 Å². The van der Waals surface area contributed by atoms with Crippen LogP contribution in [-0.2, 0) is 11.8 Å². The van der Waals surface area contributed by atoms with E-state index >= 15 is 0 Å². The molecule has 0 aromatic carbocycles. The molecule has 3 aromatic rings. The van der Waals surface area contributed by atoms with Gasteiger partial charge in [0.2, 0.25) is 5.91 Å². The second-order valence-electron chi connectivity index (χ2n) is 8.07. The molecule has 4 rings (SSSR count). The van der Waals surface area contributed by atoms with E-state index in [0.717, 1.165) is 48.9 Å². The van der Waals surface area contributed by atoms with Crippen molar-refractivity contribution in [2.75, 3.05) is 25.0 Å². The maximum atomic E-state index is 12.7. The first-order valence-corrected chi connectivity index (χ1v) is 10.0. The van der Waals surface area contributed by atoms with Crippen LogP contribution in [0.1, 0.15) is 26.7 Å². The first-order valence-electron chi connectivity index (χ1n) is 10.0. The molecule has 1 aliphatic heterocycles. The molecular formula is C20H26N8O. The number of hydrogen-bond donors (Lipinski definition) is 1. The third-order valence-corrected chi connectivity index (χ3v) is 5.28. The van der Waals surface area contributed by atoms with E-state index in [9.17, 15) is 4.79 Å². The first-order chi connectivity index (χ1) is 14.0. The van der Waals surface area contributed by atoms with Crippen LogP contribution in [0.2, 0.25) is 0 Å². The quantitative estimate of drug-likeness (QED) is 0.707. The number of likely N-dealkylation sites (tertiary alicyclic amines) is 1. The molecule has 9 nitrogen and oxygen atoms in total. The van der Waals surface area contributed by atoms with Gasteiger partial charge in [0.25, 0.3) is 0 Å². The Balaban J connectivity index is 1.45. The van der Waals surface area contributed by atoms with Crippen LogP contribution in [0, 0.1) is 11.8 Å². The molecular weight excluding hydrogens is 368 g/mol. The average molecular weight is 394 g/mol. The highest BCUT2D eigenvalue weighted by molar-refractivity contribution is 5.94. The van der Waals surface area contributed by atoms with Crippen LogP contribution in [0.15, 0.2) is 24.5 Å². The van der Waals surface area contributed by atoms with Crippen molar-refractivity contribution >= 4 is 22.6 Å². The number of rotatable bonds is 5. The molecule has 29 heavy (non-hydrogen) atoms. The number of hydrogen-bond acceptors (Lipinski definition) is 7. The van der Waals surface area contributed by atoms with Crippen LogP contribution in [0.4, 0.5) is 5.82 Å². The Morgan fingerprint density at radius 2 is 2.00 bits per heavy atom. The highest BCUT2D eigenvalue weighted by Gasteiger charge is 2.25. The predicted molar refractivity (Wildman–Crippen MR) is 110 cm³/mol. The van der Waals surface area contributed by atoms with Crippen molar-refractivity contribution in [3.8, 4) is 11.4 Å². The Bertz CT molecular complexity index is 1010. The van der Waals surface area contributed by atoms with Gasteiger partial charge in [-0.15, -0.1) is 5.10 Å². The molecule has 4 heterocycles. The Kier molecular flexibility index (Phi) is 5.48. The zero-order valence-electron chi connectivity index (χ0n) is 17.0. The number of pyridine rings is 2. The number of nitrogens with zero attached hydrogens (tertiary/aromatic N) is 7. The molecule has 1 fully saturated rings. The van der Waals surface area contributed by atoms with E-state index < -0.39 is 0 Å². The summed E-state index contributed by atoms with van der Waals surface area (Å²) < 4.78 is 1.60. The molecule has 0 spiro atoms. The lowest BCUT2D eigenvalue weighted by atomic mass is 9.95. The number of amides is 1. The summed E-state index contributed by atoms with van der Waals surface area (Å²) in [5.41, 5.74) is 1.56. The Labute approximate surface area is 169 Å². The van der Waals surface area contributed by atoms with Gasteiger partial charge in [-0.1, -0.05) is 13.8 Å². The number of aryl methyl sites for hydroxylation is 1. The number of aromatic nitrogens is 6. The summed E-state index contributed by atoms with van der Waals surface area (Å²) >= 11 is 0. The maximum Gasteiger partial charge on any atom is 0.228 e. The second-order valence-corrected chi connectivity index (χ2v) is 8.07. The van der Waals surface area contributed by atoms with E-state index in [1.165, 1.54) is 0 Å². The SMILES string of the molecule is CC(C)CN1CCC(C(=O)Nc2cc3cc(-c4nnnn4C)cnc3cn2)CC1. The van der Waals surface area contributed by atoms with E-state index in [2.05, 4.69) is 49.6 Å². The van der Waals surface area contributed by atoms with Crippen molar-refractivity contribution in [1.29, 1.82) is 0 Å². The van der Waals surface area contributed by atoms with Gasteiger partial charge in [0.1, 0.15) is 5.82 Å². The molecule has 3 aromatic heterocycles. The van der Waals surface area contributed by atoms with E-state index in [0.29, 0.717) is 17.6 Å². The summed E-state index contributed by atoms with van der Waals surface area (Å²) in [4.78, 5) is 23.9. The predicted octanol–water partition coefficient (Wildman–Crippen LogP) is 2.13. The van der Waals surface area contributed by atoms with Crippen LogP contribution in [0.5, 0.6) is 0 Å². The third kappa shape index (κ3) is 4.40. The molecule has 1 saturated heterocycles. The second kappa shape index (κ2) is 8.20. The molecule has 1 N–H and O–H groups in total. The summed E-state index contributed by atoms with van der Waals surface area (Å²) in [6, 6.07) is 3.80. The summed E-state index contributed by atoms with van der Waals surface area (Å²) in [6.07, 6.45) is 5.17. The lowest BCUT2D eigenvalue weighted by molar-refractivity contribution is -0.121. The number of carbonyl (C=O) groups is 1. The number of piperidine rings is 1. The number of carbonyl (C=O) groups excluding carboxylic acids is 1. The molecule has 0 aliphatic carbocycles. The number of fused-ring (bicyclic) bond motifs is 1. The van der Waals surface area contributed by atoms with Crippen LogP contribution < -0.4 is 5.32 Å². The Morgan fingerprint density at radius 3 is 2.69 bits per heavy atom. The topological polar surface area (TPSA) is 102 Å². The van der Waals surface area contributed by atoms with Gasteiger partial charge in [0, 0.05) is 36.7 Å². The van der Waals surface area contributed by atoms with Gasteiger partial charge in [-0.3, -0.25) is 9.78 Å². The van der Waals surface area contributed by atoms with Crippen LogP contribution in [-0.4, -0.2) is 60.6 Å². The average Bonchev–Trinajstić information content (AvgIpc) is 3.13. The highest BCUT2D eigenvalue weighted by Crippen LogP contribution is 2.23. The molecule has 152 valence electrons. The summed E-state index contributed by atoms with van der Waals surface area (Å²) in [5, 5.41) is 15.4. The third-order valence-electron chi connectivity index (χ3n) is 5.28. The fourth-order valence-corrected chi connectivity index (χ4v) is 3.82. The molecule has 0 unspecified atom stereocenters. The standard InChI is InChI=1S/C20H26N8O/c1-13(2)12-28-6-4-14(5-7-28)20(29)23-18-9-15-8-16(10-21-17(15)11-22-18)19-24-25-26-27(19)3/h8-11,13-14H,4-7,12H2,1-3H3,(H,22,23,29). The fourth-order valence-electron chi connectivity index (χ4n) is 3.82. The van der Waals surface area contributed by atoms with Gasteiger partial charge < -0.3 is 10.2 Å².